The first-order valence-electron chi connectivity index (χ1n) is 7.21. The van der Waals surface area contributed by atoms with E-state index < -0.39 is 6.61 Å². The lowest BCUT2D eigenvalue weighted by atomic mass is 9.97. The Morgan fingerprint density at radius 2 is 2.00 bits per heavy atom. The van der Waals surface area contributed by atoms with Crippen LogP contribution in [0.3, 0.4) is 0 Å². The first kappa shape index (κ1) is 15.9. The number of hydrogen-bond donors (Lipinski definition) is 1. The highest BCUT2D eigenvalue weighted by molar-refractivity contribution is 5.36. The first-order chi connectivity index (χ1) is 10.1. The maximum atomic E-state index is 12.6. The molecule has 1 N–H and O–H groups in total. The highest BCUT2D eigenvalue weighted by Gasteiger charge is 2.25. The Kier molecular flexibility index (Phi) is 5.70. The van der Waals surface area contributed by atoms with Gasteiger partial charge >= 0.3 is 6.61 Å². The molecule has 0 saturated carbocycles. The fraction of sp³-hybridized carbons (Fsp3) is 0.500. The minimum absolute atomic E-state index is 0.0274. The molecule has 0 radical (unpaired) electrons. The second-order valence-electron chi connectivity index (χ2n) is 5.38. The molecule has 1 heterocycles. The highest BCUT2D eigenvalue weighted by atomic mass is 19.3. The summed E-state index contributed by atoms with van der Waals surface area (Å²) in [5.41, 5.74) is 1.84. The largest absolute Gasteiger partial charge is 0.434 e. The summed E-state index contributed by atoms with van der Waals surface area (Å²) in [4.78, 5) is 2.30. The molecule has 5 heteroatoms. The second-order valence-corrected chi connectivity index (χ2v) is 5.38. The molecule has 116 valence electrons. The molecule has 1 aromatic carbocycles. The average Bonchev–Trinajstić information content (AvgIpc) is 2.46. The van der Waals surface area contributed by atoms with Gasteiger partial charge in [-0.05, 0) is 19.4 Å². The molecule has 2 rings (SSSR count). The molecule has 21 heavy (non-hydrogen) atoms. The zero-order valence-corrected chi connectivity index (χ0v) is 12.3. The molecule has 1 saturated heterocycles. The summed E-state index contributed by atoms with van der Waals surface area (Å²) in [6.07, 6.45) is 0.740. The highest BCUT2D eigenvalue weighted by Crippen LogP contribution is 2.34. The molecule has 0 spiro atoms. The normalized spacial score (nSPS) is 17.7. The number of nitrogens with one attached hydrogen (secondary N) is 1. The molecule has 0 unspecified atom stereocenters. The van der Waals surface area contributed by atoms with Gasteiger partial charge in [-0.25, -0.2) is 0 Å². The Balaban J connectivity index is 2.28. The number of para-hydroxylation sites is 1. The summed E-state index contributed by atoms with van der Waals surface area (Å²) in [6, 6.07) is 7.08. The average molecular weight is 296 g/mol. The van der Waals surface area contributed by atoms with E-state index >= 15 is 0 Å². The van der Waals surface area contributed by atoms with Crippen LogP contribution in [-0.4, -0.2) is 37.7 Å². The molecule has 0 aromatic heterocycles. The lowest BCUT2D eigenvalue weighted by Crippen LogP contribution is -2.45. The topological polar surface area (TPSA) is 24.5 Å². The lowest BCUT2D eigenvalue weighted by molar-refractivity contribution is -0.0512. The van der Waals surface area contributed by atoms with Crippen molar-refractivity contribution in [2.75, 3.05) is 26.2 Å². The van der Waals surface area contributed by atoms with Gasteiger partial charge in [0.1, 0.15) is 5.75 Å². The Morgan fingerprint density at radius 3 is 2.62 bits per heavy atom. The zero-order chi connectivity index (χ0) is 15.2. The van der Waals surface area contributed by atoms with Crippen LogP contribution in [0.5, 0.6) is 5.75 Å². The number of nitrogens with zero attached hydrogens (tertiary/aromatic N) is 1. The van der Waals surface area contributed by atoms with Gasteiger partial charge in [-0.3, -0.25) is 4.90 Å². The quantitative estimate of drug-likeness (QED) is 0.816. The van der Waals surface area contributed by atoms with Crippen molar-refractivity contribution in [3.63, 3.8) is 0 Å². The number of benzene rings is 1. The van der Waals surface area contributed by atoms with E-state index in [1.54, 1.807) is 12.1 Å². The van der Waals surface area contributed by atoms with Gasteiger partial charge in [-0.2, -0.15) is 8.78 Å². The lowest BCUT2D eigenvalue weighted by Gasteiger charge is -2.36. The van der Waals surface area contributed by atoms with E-state index in [1.807, 2.05) is 19.1 Å². The van der Waals surface area contributed by atoms with Gasteiger partial charge in [0.05, 0.1) is 0 Å². The number of alkyl halides is 2. The summed E-state index contributed by atoms with van der Waals surface area (Å²) in [6.45, 7) is 6.73. The minimum Gasteiger partial charge on any atom is -0.434 e. The predicted molar refractivity (Wildman–Crippen MR) is 79.7 cm³/mol. The van der Waals surface area contributed by atoms with E-state index in [0.717, 1.165) is 43.7 Å². The van der Waals surface area contributed by atoms with Crippen molar-refractivity contribution in [2.45, 2.75) is 26.0 Å². The molecule has 1 atom stereocenters. The number of piperazine rings is 1. The molecular formula is C16H22F2N2O. The second kappa shape index (κ2) is 7.52. The number of halogens is 2. The Hall–Kier alpha value is -1.46. The van der Waals surface area contributed by atoms with Gasteiger partial charge in [-0.15, -0.1) is 6.58 Å². The number of rotatable bonds is 6. The van der Waals surface area contributed by atoms with Crippen LogP contribution in [0.25, 0.3) is 0 Å². The van der Waals surface area contributed by atoms with Crippen molar-refractivity contribution >= 4 is 0 Å². The molecule has 0 amide bonds. The maximum absolute atomic E-state index is 12.6. The van der Waals surface area contributed by atoms with Crippen molar-refractivity contribution in [1.29, 1.82) is 0 Å². The summed E-state index contributed by atoms with van der Waals surface area (Å²) in [5.74, 6) is 0.261. The van der Waals surface area contributed by atoms with Gasteiger partial charge in [0.25, 0.3) is 0 Å². The Bertz CT molecular complexity index is 473. The van der Waals surface area contributed by atoms with Crippen LogP contribution >= 0.6 is 0 Å². The van der Waals surface area contributed by atoms with Gasteiger partial charge < -0.3 is 10.1 Å². The Morgan fingerprint density at radius 1 is 1.33 bits per heavy atom. The van der Waals surface area contributed by atoms with Crippen LogP contribution in [0.1, 0.15) is 24.9 Å². The number of ether oxygens (including phenoxy) is 1. The van der Waals surface area contributed by atoms with Crippen molar-refractivity contribution in [1.82, 2.24) is 10.2 Å². The summed E-state index contributed by atoms with van der Waals surface area (Å²) in [5, 5.41) is 3.31. The van der Waals surface area contributed by atoms with Crippen molar-refractivity contribution in [3.05, 3.63) is 42.0 Å². The number of hydrogen-bond acceptors (Lipinski definition) is 3. The van der Waals surface area contributed by atoms with Crippen LogP contribution < -0.4 is 10.1 Å². The van der Waals surface area contributed by atoms with Gasteiger partial charge in [-0.1, -0.05) is 23.8 Å². The molecule has 0 bridgehead atoms. The van der Waals surface area contributed by atoms with Gasteiger partial charge in [0, 0.05) is 37.8 Å². The monoisotopic (exact) mass is 296 g/mol. The molecule has 3 nitrogen and oxygen atoms in total. The minimum atomic E-state index is -2.81. The summed E-state index contributed by atoms with van der Waals surface area (Å²) in [7, 11) is 0. The summed E-state index contributed by atoms with van der Waals surface area (Å²) < 4.78 is 29.9. The molecule has 1 aliphatic rings. The Labute approximate surface area is 124 Å². The van der Waals surface area contributed by atoms with Crippen LogP contribution in [0.15, 0.2) is 36.4 Å². The van der Waals surface area contributed by atoms with E-state index in [1.165, 1.54) is 0 Å². The van der Waals surface area contributed by atoms with Crippen LogP contribution in [0.4, 0.5) is 8.78 Å². The van der Waals surface area contributed by atoms with E-state index in [0.29, 0.717) is 0 Å². The maximum Gasteiger partial charge on any atom is 0.387 e. The van der Waals surface area contributed by atoms with Crippen molar-refractivity contribution in [3.8, 4) is 5.75 Å². The third-order valence-electron chi connectivity index (χ3n) is 3.63. The van der Waals surface area contributed by atoms with Gasteiger partial charge in [0.15, 0.2) is 0 Å². The smallest absolute Gasteiger partial charge is 0.387 e. The molecular weight excluding hydrogens is 274 g/mol. The predicted octanol–water partition coefficient (Wildman–Crippen LogP) is 3.20. The van der Waals surface area contributed by atoms with E-state index in [4.69, 9.17) is 4.74 Å². The standard InChI is InChI=1S/C16H22F2N2O/c1-12(2)11-14(20-9-7-19-8-10-20)13-5-3-4-6-15(13)21-16(17)18/h3-6,14,16,19H,1,7-11H2,2H3/t14-/m0/s1. The fourth-order valence-corrected chi connectivity index (χ4v) is 2.72. The molecule has 1 aromatic rings. The summed E-state index contributed by atoms with van der Waals surface area (Å²) >= 11 is 0. The molecule has 0 aliphatic carbocycles. The van der Waals surface area contributed by atoms with Crippen LogP contribution in [0.2, 0.25) is 0 Å². The van der Waals surface area contributed by atoms with E-state index in [-0.39, 0.29) is 11.8 Å². The van der Waals surface area contributed by atoms with E-state index in [2.05, 4.69) is 16.8 Å². The molecule has 1 aliphatic heterocycles. The third-order valence-corrected chi connectivity index (χ3v) is 3.63. The SMILES string of the molecule is C=C(C)C[C@@H](c1ccccc1OC(F)F)N1CCNCC1. The van der Waals surface area contributed by atoms with E-state index in [9.17, 15) is 8.78 Å². The molecule has 1 fully saturated rings. The van der Waals surface area contributed by atoms with Crippen LogP contribution in [-0.2, 0) is 0 Å². The third kappa shape index (κ3) is 4.51. The van der Waals surface area contributed by atoms with Crippen molar-refractivity contribution < 1.29 is 13.5 Å². The zero-order valence-electron chi connectivity index (χ0n) is 12.3. The van der Waals surface area contributed by atoms with Gasteiger partial charge in [0.2, 0.25) is 0 Å². The fourth-order valence-electron chi connectivity index (χ4n) is 2.72. The first-order valence-corrected chi connectivity index (χ1v) is 7.21. The van der Waals surface area contributed by atoms with Crippen LogP contribution in [0, 0.1) is 0 Å². The van der Waals surface area contributed by atoms with Crippen molar-refractivity contribution in [2.24, 2.45) is 0 Å².